The lowest BCUT2D eigenvalue weighted by Crippen LogP contribution is -2.35. The van der Waals surface area contributed by atoms with Gasteiger partial charge in [-0.3, -0.25) is 9.69 Å². The number of hydrogen-bond donors (Lipinski definition) is 0. The van der Waals surface area contributed by atoms with Crippen LogP contribution in [-0.2, 0) is 6.54 Å². The fourth-order valence-electron chi connectivity index (χ4n) is 1.98. The Morgan fingerprint density at radius 1 is 1.35 bits per heavy atom. The largest absolute Gasteiger partial charge is 0.292 e. The normalized spacial score (nSPS) is 12.7. The lowest BCUT2D eigenvalue weighted by molar-refractivity contribution is 0.0863. The third-order valence-corrected chi connectivity index (χ3v) is 5.09. The second kappa shape index (κ2) is 6.66. The number of ketones is 1. The highest BCUT2D eigenvalue weighted by Crippen LogP contribution is 2.22. The Morgan fingerprint density at radius 2 is 2.00 bits per heavy atom. The van der Waals surface area contributed by atoms with Crippen LogP contribution in [0.1, 0.15) is 27.7 Å². The zero-order chi connectivity index (χ0) is 14.7. The van der Waals surface area contributed by atoms with Crippen molar-refractivity contribution in [1.29, 1.82) is 0 Å². The quantitative estimate of drug-likeness (QED) is 0.738. The van der Waals surface area contributed by atoms with E-state index in [2.05, 4.69) is 32.3 Å². The van der Waals surface area contributed by atoms with E-state index in [1.165, 1.54) is 10.4 Å². The number of nitrogens with zero attached hydrogens (tertiary/aromatic N) is 1. The Morgan fingerprint density at radius 3 is 2.55 bits per heavy atom. The molecule has 2 aromatic rings. The molecule has 1 atom stereocenters. The van der Waals surface area contributed by atoms with Gasteiger partial charge in [-0.05, 0) is 42.9 Å². The van der Waals surface area contributed by atoms with Crippen molar-refractivity contribution in [3.63, 3.8) is 0 Å². The van der Waals surface area contributed by atoms with Crippen LogP contribution in [0.4, 0.5) is 0 Å². The average Bonchev–Trinajstić information content (AvgIpc) is 2.83. The minimum Gasteiger partial charge on any atom is -0.292 e. The molecule has 0 amide bonds. The molecule has 2 rings (SSSR count). The Hall–Kier alpha value is -0.970. The molecule has 0 aliphatic rings. The van der Waals surface area contributed by atoms with Gasteiger partial charge in [0.05, 0.1) is 6.04 Å². The second-order valence-electron chi connectivity index (χ2n) is 5.05. The number of likely N-dealkylation sites (N-methyl/N-ethyl adjacent to an activating group) is 1. The number of benzene rings is 1. The topological polar surface area (TPSA) is 20.3 Å². The van der Waals surface area contributed by atoms with Gasteiger partial charge in [0.2, 0.25) is 0 Å². The maximum absolute atomic E-state index is 12.4. The fourth-order valence-corrected chi connectivity index (χ4v) is 3.49. The van der Waals surface area contributed by atoms with Gasteiger partial charge >= 0.3 is 0 Å². The first-order chi connectivity index (χ1) is 9.47. The van der Waals surface area contributed by atoms with E-state index in [1.807, 2.05) is 45.2 Å². The molecule has 0 N–H and O–H groups in total. The Balaban J connectivity index is 2.04. The van der Waals surface area contributed by atoms with Crippen molar-refractivity contribution in [2.75, 3.05) is 7.05 Å². The molecule has 106 valence electrons. The van der Waals surface area contributed by atoms with Gasteiger partial charge in [-0.15, -0.1) is 11.3 Å². The first-order valence-electron chi connectivity index (χ1n) is 6.51. The lowest BCUT2D eigenvalue weighted by Gasteiger charge is -2.23. The second-order valence-corrected chi connectivity index (χ2v) is 6.96. The molecule has 1 heterocycles. The summed E-state index contributed by atoms with van der Waals surface area (Å²) in [6.07, 6.45) is 0. The molecule has 0 radical (unpaired) electrons. The van der Waals surface area contributed by atoms with Crippen LogP contribution in [-0.4, -0.2) is 23.8 Å². The van der Waals surface area contributed by atoms with Crippen LogP contribution in [0.15, 0.2) is 40.2 Å². The molecule has 1 aromatic carbocycles. The summed E-state index contributed by atoms with van der Waals surface area (Å²) >= 11 is 5.16. The number of Topliss-reactive ketones (excluding diaryl/α,β-unsaturated/α-hetero) is 1. The minimum absolute atomic E-state index is 0.126. The molecule has 0 spiro atoms. The molecule has 4 heteroatoms. The summed E-state index contributed by atoms with van der Waals surface area (Å²) in [5.74, 6) is 0.170. The van der Waals surface area contributed by atoms with Crippen LogP contribution >= 0.6 is 27.3 Å². The fraction of sp³-hybridized carbons (Fsp3) is 0.312. The molecule has 1 unspecified atom stereocenters. The van der Waals surface area contributed by atoms with Gasteiger partial charge in [0, 0.05) is 26.8 Å². The summed E-state index contributed by atoms with van der Waals surface area (Å²) in [6, 6.07) is 9.75. The molecule has 1 aromatic heterocycles. The van der Waals surface area contributed by atoms with Crippen molar-refractivity contribution in [1.82, 2.24) is 4.90 Å². The van der Waals surface area contributed by atoms with Crippen LogP contribution in [0.2, 0.25) is 0 Å². The van der Waals surface area contributed by atoms with Crippen LogP contribution in [0.3, 0.4) is 0 Å². The molecule has 0 saturated carbocycles. The van der Waals surface area contributed by atoms with Crippen LogP contribution < -0.4 is 0 Å². The first-order valence-corrected chi connectivity index (χ1v) is 8.18. The number of rotatable bonds is 5. The summed E-state index contributed by atoms with van der Waals surface area (Å²) in [4.78, 5) is 15.8. The maximum atomic E-state index is 12.4. The van der Waals surface area contributed by atoms with Gasteiger partial charge in [-0.1, -0.05) is 29.8 Å². The van der Waals surface area contributed by atoms with Gasteiger partial charge < -0.3 is 0 Å². The van der Waals surface area contributed by atoms with E-state index in [0.29, 0.717) is 0 Å². The number of carbonyl (C=O) groups excluding carboxylic acids is 1. The lowest BCUT2D eigenvalue weighted by atomic mass is 10.0. The molecule has 2 nitrogen and oxygen atoms in total. The zero-order valence-corrected chi connectivity index (χ0v) is 14.3. The average molecular weight is 352 g/mol. The first kappa shape index (κ1) is 15.4. The molecular formula is C16H18BrNOS. The third kappa shape index (κ3) is 3.78. The molecular weight excluding hydrogens is 334 g/mol. The molecule has 0 bridgehead atoms. The van der Waals surface area contributed by atoms with Gasteiger partial charge in [0.1, 0.15) is 0 Å². The van der Waals surface area contributed by atoms with Crippen molar-refractivity contribution in [3.8, 4) is 0 Å². The van der Waals surface area contributed by atoms with Crippen molar-refractivity contribution >= 4 is 33.0 Å². The number of hydrogen-bond acceptors (Lipinski definition) is 3. The molecule has 0 aliphatic carbocycles. The Labute approximate surface area is 132 Å². The zero-order valence-electron chi connectivity index (χ0n) is 11.9. The molecule has 0 fully saturated rings. The molecule has 0 saturated heterocycles. The van der Waals surface area contributed by atoms with E-state index >= 15 is 0 Å². The Kier molecular flexibility index (Phi) is 5.13. The number of aryl methyl sites for hydroxylation is 1. The van der Waals surface area contributed by atoms with E-state index in [1.54, 1.807) is 11.3 Å². The van der Waals surface area contributed by atoms with Gasteiger partial charge in [0.25, 0.3) is 0 Å². The highest BCUT2D eigenvalue weighted by Gasteiger charge is 2.20. The van der Waals surface area contributed by atoms with Crippen molar-refractivity contribution in [3.05, 3.63) is 56.2 Å². The monoisotopic (exact) mass is 351 g/mol. The maximum Gasteiger partial charge on any atom is 0.179 e. The predicted molar refractivity (Wildman–Crippen MR) is 88.5 cm³/mol. The smallest absolute Gasteiger partial charge is 0.179 e. The minimum atomic E-state index is -0.126. The van der Waals surface area contributed by atoms with Crippen molar-refractivity contribution in [2.45, 2.75) is 26.4 Å². The van der Waals surface area contributed by atoms with E-state index in [-0.39, 0.29) is 11.8 Å². The van der Waals surface area contributed by atoms with E-state index in [0.717, 1.165) is 16.6 Å². The van der Waals surface area contributed by atoms with E-state index < -0.39 is 0 Å². The summed E-state index contributed by atoms with van der Waals surface area (Å²) in [7, 11) is 1.99. The summed E-state index contributed by atoms with van der Waals surface area (Å²) in [5.41, 5.74) is 1.95. The van der Waals surface area contributed by atoms with Gasteiger partial charge in [0.15, 0.2) is 5.78 Å². The molecule has 20 heavy (non-hydrogen) atoms. The predicted octanol–water partition coefficient (Wildman–Crippen LogP) is 4.52. The van der Waals surface area contributed by atoms with Crippen LogP contribution in [0.25, 0.3) is 0 Å². The SMILES string of the molecule is Cc1ccc(C(=O)C(C)N(C)Cc2cc(Br)cs2)cc1. The van der Waals surface area contributed by atoms with E-state index in [9.17, 15) is 4.79 Å². The Bertz CT molecular complexity index is 591. The standard InChI is InChI=1S/C16H18BrNOS/c1-11-4-6-13(7-5-11)16(19)12(2)18(3)9-15-8-14(17)10-20-15/h4-8,10,12H,9H2,1-3H3. The van der Waals surface area contributed by atoms with Gasteiger partial charge in [-0.2, -0.15) is 0 Å². The highest BCUT2D eigenvalue weighted by molar-refractivity contribution is 9.10. The summed E-state index contributed by atoms with van der Waals surface area (Å²) in [5, 5.41) is 2.07. The molecule has 0 aliphatic heterocycles. The number of thiophene rings is 1. The number of carbonyl (C=O) groups is 1. The van der Waals surface area contributed by atoms with E-state index in [4.69, 9.17) is 0 Å². The summed E-state index contributed by atoms with van der Waals surface area (Å²) < 4.78 is 1.10. The van der Waals surface area contributed by atoms with Crippen molar-refractivity contribution < 1.29 is 4.79 Å². The van der Waals surface area contributed by atoms with Crippen LogP contribution in [0, 0.1) is 6.92 Å². The number of halogens is 1. The van der Waals surface area contributed by atoms with Gasteiger partial charge in [-0.25, -0.2) is 0 Å². The third-order valence-electron chi connectivity index (χ3n) is 3.40. The van der Waals surface area contributed by atoms with Crippen LogP contribution in [0.5, 0.6) is 0 Å². The highest BCUT2D eigenvalue weighted by atomic mass is 79.9. The summed E-state index contributed by atoms with van der Waals surface area (Å²) in [6.45, 7) is 4.78. The van der Waals surface area contributed by atoms with Crippen molar-refractivity contribution in [2.24, 2.45) is 0 Å².